The monoisotopic (exact) mass is 409 g/mol. The van der Waals surface area contributed by atoms with Gasteiger partial charge < -0.3 is 20.2 Å². The van der Waals surface area contributed by atoms with Crippen molar-refractivity contribution in [1.29, 1.82) is 0 Å². The summed E-state index contributed by atoms with van der Waals surface area (Å²) in [7, 11) is 1.57. The van der Waals surface area contributed by atoms with Crippen molar-refractivity contribution < 1.29 is 19.2 Å². The molecule has 0 aromatic heterocycles. The summed E-state index contributed by atoms with van der Waals surface area (Å²) >= 11 is 0. The van der Waals surface area contributed by atoms with Gasteiger partial charge in [0.2, 0.25) is 12.0 Å². The van der Waals surface area contributed by atoms with Gasteiger partial charge in [-0.15, -0.1) is 0 Å². The summed E-state index contributed by atoms with van der Waals surface area (Å²) in [5.41, 5.74) is 3.72. The quantitative estimate of drug-likeness (QED) is 0.620. The third kappa shape index (κ3) is 5.67. The number of aryl methyl sites for hydroxylation is 1. The van der Waals surface area contributed by atoms with Crippen molar-refractivity contribution in [2.24, 2.45) is 5.16 Å². The van der Waals surface area contributed by atoms with Gasteiger partial charge in [-0.1, -0.05) is 59.8 Å². The number of methoxy groups -OCH3 is 1. The molecule has 3 rings (SSSR count). The summed E-state index contributed by atoms with van der Waals surface area (Å²) in [5, 5.41) is 9.73. The average Bonchev–Trinajstić information content (AvgIpc) is 3.24. The molecule has 0 unspecified atom stereocenters. The standard InChI is InChI=1S/C23H27N3O4/c1-16-8-6-7-11-18(16)19-15-21(30-26-19)23(28)25-20(22(27)24-12-13-29-2)14-17-9-4-3-5-10-17/h3-11,20-21H,12-15H2,1-2H3,(H,24,27)(H,25,28)/t20-,21+/m0/s1. The van der Waals surface area contributed by atoms with Crippen molar-refractivity contribution in [2.45, 2.75) is 31.9 Å². The molecule has 0 spiro atoms. The van der Waals surface area contributed by atoms with Crippen LogP contribution in [0.15, 0.2) is 59.8 Å². The normalized spacial score (nSPS) is 16.3. The van der Waals surface area contributed by atoms with Crippen molar-refractivity contribution in [1.82, 2.24) is 10.6 Å². The van der Waals surface area contributed by atoms with E-state index in [2.05, 4.69) is 15.8 Å². The predicted octanol–water partition coefficient (Wildman–Crippen LogP) is 1.98. The predicted molar refractivity (Wildman–Crippen MR) is 114 cm³/mol. The third-order valence-corrected chi connectivity index (χ3v) is 4.94. The lowest BCUT2D eigenvalue weighted by Crippen LogP contribution is -2.51. The van der Waals surface area contributed by atoms with E-state index in [4.69, 9.17) is 9.57 Å². The number of amides is 2. The molecule has 7 nitrogen and oxygen atoms in total. The van der Waals surface area contributed by atoms with E-state index < -0.39 is 12.1 Å². The highest BCUT2D eigenvalue weighted by molar-refractivity contribution is 6.05. The second kappa shape index (κ2) is 10.5. The number of hydrogen-bond acceptors (Lipinski definition) is 5. The molecule has 0 radical (unpaired) electrons. The molecule has 2 amide bonds. The van der Waals surface area contributed by atoms with Gasteiger partial charge in [0, 0.05) is 32.1 Å². The number of carbonyl (C=O) groups is 2. The maximum absolute atomic E-state index is 12.8. The van der Waals surface area contributed by atoms with Crippen molar-refractivity contribution >= 4 is 17.5 Å². The zero-order chi connectivity index (χ0) is 21.3. The van der Waals surface area contributed by atoms with Crippen LogP contribution >= 0.6 is 0 Å². The van der Waals surface area contributed by atoms with Crippen LogP contribution in [-0.4, -0.2) is 49.9 Å². The van der Waals surface area contributed by atoms with Gasteiger partial charge in [0.1, 0.15) is 6.04 Å². The molecule has 2 N–H and O–H groups in total. The van der Waals surface area contributed by atoms with E-state index in [1.807, 2.05) is 61.5 Å². The molecule has 2 aromatic rings. The minimum atomic E-state index is -0.760. The fourth-order valence-corrected chi connectivity index (χ4v) is 3.30. The SMILES string of the molecule is COCCNC(=O)[C@H](Cc1ccccc1)NC(=O)[C@H]1CC(c2ccccc2C)=NO1. The van der Waals surface area contributed by atoms with Gasteiger partial charge in [-0.05, 0) is 18.1 Å². The number of ether oxygens (including phenoxy) is 1. The second-order valence-corrected chi connectivity index (χ2v) is 7.19. The molecule has 0 fully saturated rings. The first-order chi connectivity index (χ1) is 14.6. The van der Waals surface area contributed by atoms with Crippen molar-refractivity contribution in [3.8, 4) is 0 Å². The average molecular weight is 409 g/mol. The molecule has 30 heavy (non-hydrogen) atoms. The number of nitrogens with one attached hydrogen (secondary N) is 2. The fraction of sp³-hybridized carbons (Fsp3) is 0.348. The summed E-state index contributed by atoms with van der Waals surface area (Å²) in [6, 6.07) is 16.7. The first-order valence-electron chi connectivity index (χ1n) is 9.98. The van der Waals surface area contributed by atoms with Crippen LogP contribution in [0, 0.1) is 6.92 Å². The minimum absolute atomic E-state index is 0.262. The molecule has 1 aliphatic heterocycles. The highest BCUT2D eigenvalue weighted by Gasteiger charge is 2.32. The lowest BCUT2D eigenvalue weighted by Gasteiger charge is -2.20. The van der Waals surface area contributed by atoms with E-state index in [-0.39, 0.29) is 11.8 Å². The Labute approximate surface area is 176 Å². The number of carbonyl (C=O) groups excluding carboxylic acids is 2. The van der Waals surface area contributed by atoms with Crippen LogP contribution in [0.5, 0.6) is 0 Å². The van der Waals surface area contributed by atoms with Crippen LogP contribution in [0.1, 0.15) is 23.1 Å². The van der Waals surface area contributed by atoms with Gasteiger partial charge in [0.05, 0.1) is 12.3 Å². The van der Waals surface area contributed by atoms with Gasteiger partial charge in [-0.2, -0.15) is 0 Å². The Hall–Kier alpha value is -3.19. The molecule has 2 atom stereocenters. The number of oxime groups is 1. The van der Waals surface area contributed by atoms with E-state index >= 15 is 0 Å². The van der Waals surface area contributed by atoms with Crippen LogP contribution < -0.4 is 10.6 Å². The molecule has 158 valence electrons. The Morgan fingerprint density at radius 1 is 1.17 bits per heavy atom. The van der Waals surface area contributed by atoms with Crippen LogP contribution in [-0.2, 0) is 25.6 Å². The number of nitrogens with zero attached hydrogens (tertiary/aromatic N) is 1. The van der Waals surface area contributed by atoms with Crippen molar-refractivity contribution in [3.63, 3.8) is 0 Å². The van der Waals surface area contributed by atoms with Gasteiger partial charge in [-0.25, -0.2) is 0 Å². The zero-order valence-corrected chi connectivity index (χ0v) is 17.3. The van der Waals surface area contributed by atoms with Gasteiger partial charge in [0.25, 0.3) is 5.91 Å². The molecule has 1 aliphatic rings. The number of rotatable bonds is 9. The lowest BCUT2D eigenvalue weighted by atomic mass is 9.99. The second-order valence-electron chi connectivity index (χ2n) is 7.19. The molecular formula is C23H27N3O4. The maximum Gasteiger partial charge on any atom is 0.265 e. The first kappa shape index (κ1) is 21.5. The topological polar surface area (TPSA) is 89.0 Å². The number of hydrogen-bond donors (Lipinski definition) is 2. The van der Waals surface area contributed by atoms with E-state index in [1.165, 1.54) is 0 Å². The van der Waals surface area contributed by atoms with Crippen LogP contribution in [0.3, 0.4) is 0 Å². The van der Waals surface area contributed by atoms with Crippen LogP contribution in [0.4, 0.5) is 0 Å². The molecule has 2 aromatic carbocycles. The molecular weight excluding hydrogens is 382 g/mol. The van der Waals surface area contributed by atoms with Gasteiger partial charge in [0.15, 0.2) is 0 Å². The molecule has 0 saturated heterocycles. The number of benzene rings is 2. The molecule has 7 heteroatoms. The van der Waals surface area contributed by atoms with Crippen LogP contribution in [0.2, 0.25) is 0 Å². The summed E-state index contributed by atoms with van der Waals surface area (Å²) in [6.45, 7) is 2.76. The Kier molecular flexibility index (Phi) is 7.57. The van der Waals surface area contributed by atoms with E-state index in [0.717, 1.165) is 22.4 Å². The molecule has 0 saturated carbocycles. The summed E-state index contributed by atoms with van der Waals surface area (Å²) in [5.74, 6) is -0.618. The summed E-state index contributed by atoms with van der Waals surface area (Å²) in [6.07, 6.45) is -0.0198. The smallest absolute Gasteiger partial charge is 0.265 e. The summed E-state index contributed by atoms with van der Waals surface area (Å²) < 4.78 is 4.98. The highest BCUT2D eigenvalue weighted by atomic mass is 16.6. The molecule has 0 bridgehead atoms. The highest BCUT2D eigenvalue weighted by Crippen LogP contribution is 2.19. The Bertz CT molecular complexity index is 898. The lowest BCUT2D eigenvalue weighted by molar-refractivity contribution is -0.135. The van der Waals surface area contributed by atoms with Gasteiger partial charge >= 0.3 is 0 Å². The largest absolute Gasteiger partial charge is 0.383 e. The zero-order valence-electron chi connectivity index (χ0n) is 17.3. The van der Waals surface area contributed by atoms with Crippen molar-refractivity contribution in [3.05, 3.63) is 71.3 Å². The van der Waals surface area contributed by atoms with E-state index in [9.17, 15) is 9.59 Å². The molecule has 1 heterocycles. The third-order valence-electron chi connectivity index (χ3n) is 4.94. The van der Waals surface area contributed by atoms with E-state index in [0.29, 0.717) is 26.0 Å². The van der Waals surface area contributed by atoms with Gasteiger partial charge in [-0.3, -0.25) is 9.59 Å². The Morgan fingerprint density at radius 2 is 1.90 bits per heavy atom. The molecule has 0 aliphatic carbocycles. The summed E-state index contributed by atoms with van der Waals surface area (Å²) in [4.78, 5) is 30.9. The maximum atomic E-state index is 12.8. The van der Waals surface area contributed by atoms with E-state index in [1.54, 1.807) is 7.11 Å². The fourth-order valence-electron chi connectivity index (χ4n) is 3.30. The Morgan fingerprint density at radius 3 is 2.63 bits per heavy atom. The van der Waals surface area contributed by atoms with Crippen LogP contribution in [0.25, 0.3) is 0 Å². The minimum Gasteiger partial charge on any atom is -0.383 e. The first-order valence-corrected chi connectivity index (χ1v) is 9.98. The Balaban J connectivity index is 1.64. The van der Waals surface area contributed by atoms with Crippen molar-refractivity contribution in [2.75, 3.05) is 20.3 Å².